The Morgan fingerprint density at radius 3 is 2.76 bits per heavy atom. The van der Waals surface area contributed by atoms with Gasteiger partial charge in [-0.1, -0.05) is 6.92 Å². The van der Waals surface area contributed by atoms with Crippen molar-refractivity contribution in [2.45, 2.75) is 31.8 Å². The van der Waals surface area contributed by atoms with Crippen LogP contribution < -0.4 is 15.0 Å². The van der Waals surface area contributed by atoms with Gasteiger partial charge in [-0.15, -0.1) is 0 Å². The second-order valence-corrected chi connectivity index (χ2v) is 6.38. The summed E-state index contributed by atoms with van der Waals surface area (Å²) in [5, 5.41) is 2.95. The van der Waals surface area contributed by atoms with Crippen LogP contribution in [0.3, 0.4) is 0 Å². The van der Waals surface area contributed by atoms with E-state index in [0.29, 0.717) is 6.17 Å². The Hall–Kier alpha value is -1.75. The van der Waals surface area contributed by atoms with Crippen molar-refractivity contribution in [2.24, 2.45) is 0 Å². The van der Waals surface area contributed by atoms with E-state index in [9.17, 15) is 4.79 Å². The highest BCUT2D eigenvalue weighted by molar-refractivity contribution is 5.95. The number of amides is 1. The number of hydrogen-bond donors (Lipinski definition) is 1. The molecule has 1 fully saturated rings. The maximum Gasteiger partial charge on any atom is 0.221 e. The van der Waals surface area contributed by atoms with Crippen LogP contribution in [0.1, 0.15) is 25.8 Å². The Balaban J connectivity index is 2.19. The molecule has 1 amide bonds. The van der Waals surface area contributed by atoms with E-state index in [4.69, 9.17) is 4.74 Å². The standard InChI is InChI=1S/C16H23N3O2/c1-10(20)17-13-9-11(21-5)8-12-14(13)19(4)15-16(12,2)6-7-18(15)3/h8-9,15H,6-7H2,1-5H3,(H,17,20)/t15?,16-/m0/s1. The smallest absolute Gasteiger partial charge is 0.221 e. The van der Waals surface area contributed by atoms with Crippen LogP contribution >= 0.6 is 0 Å². The van der Waals surface area contributed by atoms with Crippen LogP contribution in [-0.2, 0) is 10.2 Å². The summed E-state index contributed by atoms with van der Waals surface area (Å²) in [5.74, 6) is 0.733. The maximum atomic E-state index is 11.5. The van der Waals surface area contributed by atoms with Gasteiger partial charge in [0.25, 0.3) is 0 Å². The zero-order valence-corrected chi connectivity index (χ0v) is 13.4. The Morgan fingerprint density at radius 1 is 1.43 bits per heavy atom. The summed E-state index contributed by atoms with van der Waals surface area (Å²) in [6.07, 6.45) is 1.44. The number of carbonyl (C=O) groups excluding carboxylic acids is 1. The van der Waals surface area contributed by atoms with Crippen LogP contribution in [0.4, 0.5) is 11.4 Å². The van der Waals surface area contributed by atoms with Gasteiger partial charge in [-0.3, -0.25) is 9.69 Å². The number of methoxy groups -OCH3 is 1. The van der Waals surface area contributed by atoms with Crippen molar-refractivity contribution in [3.63, 3.8) is 0 Å². The Morgan fingerprint density at radius 2 is 2.14 bits per heavy atom. The summed E-state index contributed by atoms with van der Waals surface area (Å²) in [6, 6.07) is 4.03. The number of nitrogens with zero attached hydrogens (tertiary/aromatic N) is 2. The van der Waals surface area contributed by atoms with E-state index in [1.165, 1.54) is 12.5 Å². The summed E-state index contributed by atoms with van der Waals surface area (Å²) < 4.78 is 5.43. The van der Waals surface area contributed by atoms with Crippen molar-refractivity contribution in [3.8, 4) is 5.75 Å². The van der Waals surface area contributed by atoms with E-state index >= 15 is 0 Å². The van der Waals surface area contributed by atoms with Gasteiger partial charge in [0.1, 0.15) is 5.75 Å². The van der Waals surface area contributed by atoms with E-state index in [1.807, 2.05) is 6.07 Å². The van der Waals surface area contributed by atoms with Gasteiger partial charge in [0.2, 0.25) is 5.91 Å². The molecule has 2 aliphatic rings. The predicted molar refractivity (Wildman–Crippen MR) is 84.1 cm³/mol. The van der Waals surface area contributed by atoms with Gasteiger partial charge in [0, 0.05) is 32.0 Å². The van der Waals surface area contributed by atoms with Gasteiger partial charge in [0.05, 0.1) is 24.7 Å². The number of hydrogen-bond acceptors (Lipinski definition) is 4. The number of likely N-dealkylation sites (tertiary alicyclic amines) is 1. The maximum absolute atomic E-state index is 11.5. The first-order chi connectivity index (χ1) is 9.88. The Labute approximate surface area is 125 Å². The quantitative estimate of drug-likeness (QED) is 0.905. The average molecular weight is 289 g/mol. The third-order valence-electron chi connectivity index (χ3n) is 4.94. The average Bonchev–Trinajstić information content (AvgIpc) is 2.84. The van der Waals surface area contributed by atoms with Crippen LogP contribution in [-0.4, -0.2) is 44.7 Å². The van der Waals surface area contributed by atoms with E-state index in [1.54, 1.807) is 7.11 Å². The van der Waals surface area contributed by atoms with Gasteiger partial charge < -0.3 is 15.0 Å². The molecular formula is C16H23N3O2. The predicted octanol–water partition coefficient (Wildman–Crippen LogP) is 2.02. The van der Waals surface area contributed by atoms with Crippen molar-refractivity contribution < 1.29 is 9.53 Å². The number of anilines is 2. The lowest BCUT2D eigenvalue weighted by molar-refractivity contribution is -0.114. The number of rotatable bonds is 2. The molecule has 0 bridgehead atoms. The van der Waals surface area contributed by atoms with Gasteiger partial charge in [0.15, 0.2) is 0 Å². The molecule has 0 radical (unpaired) electrons. The first kappa shape index (κ1) is 14.2. The summed E-state index contributed by atoms with van der Waals surface area (Å²) in [5.41, 5.74) is 3.29. The molecule has 3 rings (SSSR count). The fourth-order valence-corrected chi connectivity index (χ4v) is 4.09. The lowest BCUT2D eigenvalue weighted by atomic mass is 9.81. The molecule has 114 valence electrons. The molecule has 2 heterocycles. The van der Waals surface area contributed by atoms with Crippen molar-refractivity contribution in [2.75, 3.05) is 38.0 Å². The highest BCUT2D eigenvalue weighted by Gasteiger charge is 2.53. The highest BCUT2D eigenvalue weighted by atomic mass is 16.5. The molecule has 1 aromatic rings. The van der Waals surface area contributed by atoms with E-state index in [-0.39, 0.29) is 11.3 Å². The molecule has 1 aromatic carbocycles. The molecule has 5 heteroatoms. The molecule has 1 saturated heterocycles. The SMILES string of the molecule is COc1cc(NC(C)=O)c2c(c1)[C@]1(C)CCN(C)C1N2C. The van der Waals surface area contributed by atoms with E-state index in [2.05, 4.69) is 42.2 Å². The van der Waals surface area contributed by atoms with Crippen LogP contribution in [0.25, 0.3) is 0 Å². The number of nitrogens with one attached hydrogen (secondary N) is 1. The molecule has 2 atom stereocenters. The van der Waals surface area contributed by atoms with Crippen LogP contribution in [0.5, 0.6) is 5.75 Å². The number of ether oxygens (including phenoxy) is 1. The van der Waals surface area contributed by atoms with Gasteiger partial charge in [-0.05, 0) is 25.1 Å². The number of benzene rings is 1. The molecule has 0 aromatic heterocycles. The largest absolute Gasteiger partial charge is 0.497 e. The van der Waals surface area contributed by atoms with Crippen LogP contribution in [0, 0.1) is 0 Å². The summed E-state index contributed by atoms with van der Waals surface area (Å²) in [4.78, 5) is 16.2. The summed E-state index contributed by atoms with van der Waals surface area (Å²) in [7, 11) is 5.93. The third kappa shape index (κ3) is 1.91. The van der Waals surface area contributed by atoms with Crippen molar-refractivity contribution >= 4 is 17.3 Å². The molecule has 5 nitrogen and oxygen atoms in total. The molecule has 1 unspecified atom stereocenters. The molecule has 0 spiro atoms. The Bertz CT molecular complexity index is 601. The lowest BCUT2D eigenvalue weighted by Crippen LogP contribution is -2.45. The van der Waals surface area contributed by atoms with Crippen LogP contribution in [0.15, 0.2) is 12.1 Å². The molecule has 0 saturated carbocycles. The number of likely N-dealkylation sites (N-methyl/N-ethyl adjacent to an activating group) is 2. The zero-order chi connectivity index (χ0) is 15.4. The molecule has 0 aliphatic carbocycles. The molecule has 1 N–H and O–H groups in total. The minimum atomic E-state index is -0.0607. The first-order valence-electron chi connectivity index (χ1n) is 7.31. The zero-order valence-electron chi connectivity index (χ0n) is 13.4. The van der Waals surface area contributed by atoms with Gasteiger partial charge in [-0.2, -0.15) is 0 Å². The monoisotopic (exact) mass is 289 g/mol. The number of carbonyl (C=O) groups is 1. The summed E-state index contributed by atoms with van der Waals surface area (Å²) in [6.45, 7) is 4.92. The first-order valence-corrected chi connectivity index (χ1v) is 7.31. The van der Waals surface area contributed by atoms with Crippen molar-refractivity contribution in [3.05, 3.63) is 17.7 Å². The minimum Gasteiger partial charge on any atom is -0.497 e. The fraction of sp³-hybridized carbons (Fsp3) is 0.562. The van der Waals surface area contributed by atoms with Crippen molar-refractivity contribution in [1.82, 2.24) is 4.90 Å². The lowest BCUT2D eigenvalue weighted by Gasteiger charge is -2.32. The fourth-order valence-electron chi connectivity index (χ4n) is 4.09. The van der Waals surface area contributed by atoms with Crippen LogP contribution in [0.2, 0.25) is 0 Å². The van der Waals surface area contributed by atoms with E-state index in [0.717, 1.165) is 30.1 Å². The molecule has 21 heavy (non-hydrogen) atoms. The third-order valence-corrected chi connectivity index (χ3v) is 4.94. The second kappa shape index (κ2) is 4.63. The Kier molecular flexibility index (Phi) is 3.13. The second-order valence-electron chi connectivity index (χ2n) is 6.38. The van der Waals surface area contributed by atoms with Gasteiger partial charge in [-0.25, -0.2) is 0 Å². The molecule has 2 aliphatic heterocycles. The minimum absolute atomic E-state index is 0.0607. The summed E-state index contributed by atoms with van der Waals surface area (Å²) >= 11 is 0. The molecular weight excluding hydrogens is 266 g/mol. The number of fused-ring (bicyclic) bond motifs is 3. The normalized spacial score (nSPS) is 27.5. The van der Waals surface area contributed by atoms with Gasteiger partial charge >= 0.3 is 0 Å². The topological polar surface area (TPSA) is 44.8 Å². The highest BCUT2D eigenvalue weighted by Crippen LogP contribution is 2.54. The van der Waals surface area contributed by atoms with Crippen molar-refractivity contribution in [1.29, 1.82) is 0 Å². The van der Waals surface area contributed by atoms with E-state index < -0.39 is 0 Å².